The topological polar surface area (TPSA) is 88.2 Å². The van der Waals surface area contributed by atoms with E-state index in [1.807, 2.05) is 36.4 Å². The minimum Gasteiger partial charge on any atom is -0.467 e. The standard InChI is InChI=1S/C31H28Cl3N3O5/c1-41-29(39)25(35-28(38)26-23(33)16-20(17-24(26)34)36-11-13-42-14-12-36)15-18-5-7-19(8-6-18)37-27-21(3-2-4-22(27)32)31(9-10-31)30(37)40/h2-8,16-17,25H,9-15H2,1H3,(H,35,38)/t25-/m0/s1. The van der Waals surface area contributed by atoms with Crippen LogP contribution in [0.4, 0.5) is 17.1 Å². The van der Waals surface area contributed by atoms with Crippen molar-refractivity contribution in [3.8, 4) is 0 Å². The van der Waals surface area contributed by atoms with Gasteiger partial charge in [0.25, 0.3) is 5.91 Å². The van der Waals surface area contributed by atoms with E-state index in [2.05, 4.69) is 10.2 Å². The van der Waals surface area contributed by atoms with Crippen LogP contribution < -0.4 is 15.1 Å². The lowest BCUT2D eigenvalue weighted by molar-refractivity contribution is -0.142. The van der Waals surface area contributed by atoms with E-state index in [-0.39, 0.29) is 27.9 Å². The third kappa shape index (κ3) is 5.11. The van der Waals surface area contributed by atoms with Crippen LogP contribution in [-0.4, -0.2) is 57.2 Å². The highest BCUT2D eigenvalue weighted by Gasteiger charge is 2.60. The molecule has 0 aromatic heterocycles. The van der Waals surface area contributed by atoms with Crippen molar-refractivity contribution in [1.29, 1.82) is 0 Å². The molecule has 1 saturated carbocycles. The molecule has 3 aromatic carbocycles. The molecular weight excluding hydrogens is 601 g/mol. The predicted octanol–water partition coefficient (Wildman–Crippen LogP) is 5.71. The third-order valence-electron chi connectivity index (χ3n) is 8.14. The molecule has 2 aliphatic heterocycles. The number of nitrogens with one attached hydrogen (secondary N) is 1. The summed E-state index contributed by atoms with van der Waals surface area (Å²) in [5.74, 6) is -1.18. The van der Waals surface area contributed by atoms with Gasteiger partial charge in [-0.15, -0.1) is 0 Å². The van der Waals surface area contributed by atoms with E-state index in [9.17, 15) is 14.4 Å². The van der Waals surface area contributed by atoms with Gasteiger partial charge in [0.1, 0.15) is 6.04 Å². The second-order valence-electron chi connectivity index (χ2n) is 10.7. The normalized spacial score (nSPS) is 17.7. The zero-order chi connectivity index (χ0) is 29.6. The van der Waals surface area contributed by atoms with Gasteiger partial charge in [0, 0.05) is 30.9 Å². The number of rotatable bonds is 7. The van der Waals surface area contributed by atoms with Crippen LogP contribution in [0, 0.1) is 0 Å². The molecule has 1 atom stereocenters. The summed E-state index contributed by atoms with van der Waals surface area (Å²) in [6.07, 6.45) is 1.76. The number of hydrogen-bond donors (Lipinski definition) is 1. The number of anilines is 3. The van der Waals surface area contributed by atoms with E-state index in [0.717, 1.165) is 35.3 Å². The lowest BCUT2D eigenvalue weighted by Crippen LogP contribution is -2.43. The zero-order valence-corrected chi connectivity index (χ0v) is 25.1. The summed E-state index contributed by atoms with van der Waals surface area (Å²) in [6.45, 7) is 2.56. The SMILES string of the molecule is COC(=O)[C@H](Cc1ccc(N2C(=O)C3(CC3)c3cccc(Cl)c32)cc1)NC(=O)c1c(Cl)cc(N2CCOCC2)cc1Cl. The Bertz CT molecular complexity index is 1550. The first-order valence-corrected chi connectivity index (χ1v) is 14.8. The molecule has 6 rings (SSSR count). The van der Waals surface area contributed by atoms with Gasteiger partial charge < -0.3 is 19.7 Å². The summed E-state index contributed by atoms with van der Waals surface area (Å²) in [6, 6.07) is 15.3. The number of methoxy groups -OCH3 is 1. The summed E-state index contributed by atoms with van der Waals surface area (Å²) in [7, 11) is 1.26. The second kappa shape index (κ2) is 11.4. The highest BCUT2D eigenvalue weighted by atomic mass is 35.5. The van der Waals surface area contributed by atoms with Crippen LogP contribution in [0.3, 0.4) is 0 Å². The summed E-state index contributed by atoms with van der Waals surface area (Å²) in [5, 5.41) is 3.61. The van der Waals surface area contributed by atoms with Crippen LogP contribution in [0.1, 0.15) is 34.3 Å². The molecule has 2 amide bonds. The number of halogens is 3. The number of carbonyl (C=O) groups is 3. The molecule has 218 valence electrons. The maximum absolute atomic E-state index is 13.4. The summed E-state index contributed by atoms with van der Waals surface area (Å²) < 4.78 is 10.4. The van der Waals surface area contributed by atoms with Crippen LogP contribution in [0.15, 0.2) is 54.6 Å². The van der Waals surface area contributed by atoms with Crippen molar-refractivity contribution < 1.29 is 23.9 Å². The Morgan fingerprint density at radius 3 is 2.26 bits per heavy atom. The Morgan fingerprint density at radius 1 is 0.976 bits per heavy atom. The smallest absolute Gasteiger partial charge is 0.328 e. The lowest BCUT2D eigenvalue weighted by Gasteiger charge is -2.29. The number of carbonyl (C=O) groups excluding carboxylic acids is 3. The molecule has 0 bridgehead atoms. The zero-order valence-electron chi connectivity index (χ0n) is 22.8. The van der Waals surface area contributed by atoms with Gasteiger partial charge in [0.05, 0.1) is 52.1 Å². The van der Waals surface area contributed by atoms with Crippen molar-refractivity contribution in [2.75, 3.05) is 43.2 Å². The molecule has 1 spiro atoms. The highest BCUT2D eigenvalue weighted by Crippen LogP contribution is 2.60. The van der Waals surface area contributed by atoms with Crippen molar-refractivity contribution in [3.63, 3.8) is 0 Å². The number of morpholine rings is 1. The van der Waals surface area contributed by atoms with Gasteiger partial charge in [0.2, 0.25) is 5.91 Å². The molecule has 1 N–H and O–H groups in total. The van der Waals surface area contributed by atoms with Crippen LogP contribution in [-0.2, 0) is 30.9 Å². The minimum absolute atomic E-state index is 0.0199. The largest absolute Gasteiger partial charge is 0.467 e. The van der Waals surface area contributed by atoms with Crippen LogP contribution in [0.25, 0.3) is 0 Å². The van der Waals surface area contributed by atoms with Gasteiger partial charge in [-0.05, 0) is 54.3 Å². The third-order valence-corrected chi connectivity index (χ3v) is 9.05. The molecule has 1 aliphatic carbocycles. The van der Waals surface area contributed by atoms with Gasteiger partial charge in [-0.3, -0.25) is 14.5 Å². The summed E-state index contributed by atoms with van der Waals surface area (Å²) >= 11 is 19.6. The van der Waals surface area contributed by atoms with E-state index in [4.69, 9.17) is 44.3 Å². The Morgan fingerprint density at radius 2 is 1.64 bits per heavy atom. The quantitative estimate of drug-likeness (QED) is 0.338. The number of para-hydroxylation sites is 1. The van der Waals surface area contributed by atoms with Crippen molar-refractivity contribution in [1.82, 2.24) is 5.32 Å². The number of fused-ring (bicyclic) bond motifs is 2. The Balaban J connectivity index is 1.20. The Kier molecular flexibility index (Phi) is 7.83. The van der Waals surface area contributed by atoms with E-state index in [0.29, 0.717) is 37.0 Å². The maximum atomic E-state index is 13.4. The van der Waals surface area contributed by atoms with Crippen LogP contribution in [0.5, 0.6) is 0 Å². The molecule has 1 saturated heterocycles. The van der Waals surface area contributed by atoms with Crippen molar-refractivity contribution in [2.24, 2.45) is 0 Å². The first kappa shape index (κ1) is 28.8. The molecule has 0 unspecified atom stereocenters. The number of ether oxygens (including phenoxy) is 2. The molecular formula is C31H28Cl3N3O5. The molecule has 2 heterocycles. The monoisotopic (exact) mass is 627 g/mol. The van der Waals surface area contributed by atoms with Crippen molar-refractivity contribution in [3.05, 3.63) is 86.4 Å². The first-order valence-electron chi connectivity index (χ1n) is 13.7. The predicted molar refractivity (Wildman–Crippen MR) is 162 cm³/mol. The summed E-state index contributed by atoms with van der Waals surface area (Å²) in [5.41, 5.74) is 3.51. The van der Waals surface area contributed by atoms with Gasteiger partial charge in [-0.2, -0.15) is 0 Å². The van der Waals surface area contributed by atoms with Gasteiger partial charge in [-0.25, -0.2) is 4.79 Å². The van der Waals surface area contributed by atoms with Gasteiger partial charge in [-0.1, -0.05) is 59.1 Å². The minimum atomic E-state index is -1.00. The van der Waals surface area contributed by atoms with E-state index in [1.165, 1.54) is 7.11 Å². The molecule has 2 fully saturated rings. The fraction of sp³-hybridized carbons (Fsp3) is 0.323. The summed E-state index contributed by atoms with van der Waals surface area (Å²) in [4.78, 5) is 43.2. The number of benzene rings is 3. The average Bonchev–Trinajstić information content (AvgIpc) is 3.76. The molecule has 0 radical (unpaired) electrons. The van der Waals surface area contributed by atoms with E-state index < -0.39 is 23.3 Å². The Labute approximate surface area is 258 Å². The molecule has 42 heavy (non-hydrogen) atoms. The van der Waals surface area contributed by atoms with Crippen LogP contribution in [0.2, 0.25) is 15.1 Å². The number of esters is 1. The fourth-order valence-electron chi connectivity index (χ4n) is 5.78. The molecule has 3 aromatic rings. The van der Waals surface area contributed by atoms with Crippen molar-refractivity contribution >= 4 is 69.6 Å². The van der Waals surface area contributed by atoms with Gasteiger partial charge in [0.15, 0.2) is 0 Å². The number of hydrogen-bond acceptors (Lipinski definition) is 6. The fourth-order valence-corrected chi connectivity index (χ4v) is 6.68. The first-order chi connectivity index (χ1) is 20.2. The highest BCUT2D eigenvalue weighted by molar-refractivity contribution is 6.40. The molecule has 3 aliphatic rings. The van der Waals surface area contributed by atoms with E-state index in [1.54, 1.807) is 23.1 Å². The molecule has 8 nitrogen and oxygen atoms in total. The average molecular weight is 629 g/mol. The van der Waals surface area contributed by atoms with Crippen molar-refractivity contribution in [2.45, 2.75) is 30.7 Å². The maximum Gasteiger partial charge on any atom is 0.328 e. The Hall–Kier alpha value is -3.30. The second-order valence-corrected chi connectivity index (χ2v) is 11.9. The van der Waals surface area contributed by atoms with E-state index >= 15 is 0 Å². The number of amides is 2. The lowest BCUT2D eigenvalue weighted by atomic mass is 9.98. The molecule has 11 heteroatoms. The van der Waals surface area contributed by atoms with Crippen LogP contribution >= 0.6 is 34.8 Å². The van der Waals surface area contributed by atoms with Gasteiger partial charge >= 0.3 is 5.97 Å². The number of nitrogens with zero attached hydrogens (tertiary/aromatic N) is 2.